The Kier molecular flexibility index (Phi) is 10.7. The molecule has 2 aromatic rings. The zero-order valence-electron chi connectivity index (χ0n) is 31.1. The number of carbonyl (C=O) groups excluding carboxylic acids is 5. The topological polar surface area (TPSA) is 207 Å². The molecule has 1 aromatic carbocycles. The average molecular weight is 756 g/mol. The van der Waals surface area contributed by atoms with Crippen molar-refractivity contribution in [1.82, 2.24) is 30.0 Å². The molecule has 4 N–H and O–H groups in total. The highest BCUT2D eigenvalue weighted by Crippen LogP contribution is 2.45. The molecule has 5 rings (SSSR count). The van der Waals surface area contributed by atoms with E-state index in [9.17, 15) is 32.4 Å². The summed E-state index contributed by atoms with van der Waals surface area (Å²) in [5.74, 6) is -2.88. The summed E-state index contributed by atoms with van der Waals surface area (Å²) in [4.78, 5) is 69.5. The number of nitrogens with one attached hydrogen (secondary N) is 4. The second kappa shape index (κ2) is 14.5. The Morgan fingerprint density at radius 1 is 1.08 bits per heavy atom. The van der Waals surface area contributed by atoms with Gasteiger partial charge in [0.25, 0.3) is 5.91 Å². The number of aryl methyl sites for hydroxylation is 1. The van der Waals surface area contributed by atoms with Crippen LogP contribution in [0.4, 0.5) is 15.3 Å². The van der Waals surface area contributed by atoms with E-state index in [0.717, 1.165) is 5.56 Å². The van der Waals surface area contributed by atoms with Crippen molar-refractivity contribution >= 4 is 45.6 Å². The number of alkyl carbamates (subject to hydrolysis) is 1. The highest BCUT2D eigenvalue weighted by molar-refractivity contribution is 7.91. The molecule has 2 saturated carbocycles. The second-order valence-electron chi connectivity index (χ2n) is 16.0. The van der Waals surface area contributed by atoms with Gasteiger partial charge in [-0.1, -0.05) is 32.9 Å². The summed E-state index contributed by atoms with van der Waals surface area (Å²) in [5.41, 5.74) is -1.50. The monoisotopic (exact) mass is 755 g/mol. The molecule has 16 nitrogen and oxygen atoms in total. The Morgan fingerprint density at radius 3 is 2.34 bits per heavy atom. The third kappa shape index (κ3) is 9.18. The fourth-order valence-corrected chi connectivity index (χ4v) is 7.65. The van der Waals surface area contributed by atoms with Gasteiger partial charge in [0.1, 0.15) is 29.3 Å². The molecule has 1 aliphatic heterocycles. The van der Waals surface area contributed by atoms with E-state index < -0.39 is 85.8 Å². The van der Waals surface area contributed by atoms with Gasteiger partial charge in [-0.25, -0.2) is 22.7 Å². The molecule has 17 heteroatoms. The van der Waals surface area contributed by atoms with Crippen LogP contribution in [0.15, 0.2) is 49.3 Å². The summed E-state index contributed by atoms with van der Waals surface area (Å²) >= 11 is 0. The van der Waals surface area contributed by atoms with Crippen LogP contribution in [0.5, 0.6) is 0 Å². The average Bonchev–Trinajstić information content (AvgIpc) is 3.91. The summed E-state index contributed by atoms with van der Waals surface area (Å²) in [6.45, 7) is 15.6. The van der Waals surface area contributed by atoms with Crippen LogP contribution >= 0.6 is 0 Å². The summed E-state index contributed by atoms with van der Waals surface area (Å²) < 4.78 is 40.2. The first-order valence-corrected chi connectivity index (χ1v) is 19.1. The predicted octanol–water partition coefficient (Wildman–Crippen LogP) is 3.31. The van der Waals surface area contributed by atoms with Crippen molar-refractivity contribution in [2.45, 2.75) is 109 Å². The maximum Gasteiger partial charge on any atom is 0.412 e. The van der Waals surface area contributed by atoms with Gasteiger partial charge in [-0.3, -0.25) is 24.4 Å². The van der Waals surface area contributed by atoms with E-state index in [-0.39, 0.29) is 19.4 Å². The fraction of sp³-hybridized carbons (Fsp3) is 0.556. The van der Waals surface area contributed by atoms with Gasteiger partial charge in [-0.15, -0.1) is 6.58 Å². The molecule has 3 fully saturated rings. The van der Waals surface area contributed by atoms with E-state index in [0.29, 0.717) is 24.2 Å². The highest BCUT2D eigenvalue weighted by atomic mass is 32.2. The lowest BCUT2D eigenvalue weighted by Crippen LogP contribution is -2.60. The van der Waals surface area contributed by atoms with Crippen molar-refractivity contribution in [3.8, 4) is 5.69 Å². The molecule has 0 radical (unpaired) electrons. The smallest absolute Gasteiger partial charge is 0.412 e. The molecule has 5 atom stereocenters. The van der Waals surface area contributed by atoms with Crippen molar-refractivity contribution in [2.75, 3.05) is 11.9 Å². The molecule has 0 bridgehead atoms. The summed E-state index contributed by atoms with van der Waals surface area (Å²) in [5, 5.41) is 11.7. The van der Waals surface area contributed by atoms with Crippen molar-refractivity contribution in [3.63, 3.8) is 0 Å². The second-order valence-corrected chi connectivity index (χ2v) is 18.0. The Balaban J connectivity index is 1.40. The Bertz CT molecular complexity index is 1880. The van der Waals surface area contributed by atoms with Gasteiger partial charge >= 0.3 is 12.2 Å². The van der Waals surface area contributed by atoms with E-state index in [2.05, 4.69) is 32.4 Å². The Morgan fingerprint density at radius 2 is 1.77 bits per heavy atom. The maximum atomic E-state index is 14.4. The van der Waals surface area contributed by atoms with Gasteiger partial charge < -0.3 is 25.0 Å². The van der Waals surface area contributed by atoms with Crippen LogP contribution in [-0.2, 0) is 33.9 Å². The van der Waals surface area contributed by atoms with Crippen molar-refractivity contribution in [2.24, 2.45) is 11.3 Å². The largest absolute Gasteiger partial charge is 0.444 e. The Labute approximate surface area is 309 Å². The van der Waals surface area contributed by atoms with Crippen LogP contribution in [0.25, 0.3) is 5.69 Å². The number of benzene rings is 1. The maximum absolute atomic E-state index is 14.4. The number of rotatable bonds is 11. The molecular formula is C36H49N7O9S. The first-order chi connectivity index (χ1) is 24.6. The third-order valence-corrected chi connectivity index (χ3v) is 11.1. The number of anilines is 1. The van der Waals surface area contributed by atoms with E-state index >= 15 is 0 Å². The predicted molar refractivity (Wildman–Crippen MR) is 194 cm³/mol. The van der Waals surface area contributed by atoms with E-state index in [1.54, 1.807) is 76.8 Å². The summed E-state index contributed by atoms with van der Waals surface area (Å²) in [6.07, 6.45) is 2.88. The fourth-order valence-electron chi connectivity index (χ4n) is 6.29. The van der Waals surface area contributed by atoms with E-state index in [1.165, 1.54) is 11.0 Å². The van der Waals surface area contributed by atoms with Gasteiger partial charge in [0, 0.05) is 24.7 Å². The number of ether oxygens (including phenoxy) is 2. The zero-order chi connectivity index (χ0) is 39.1. The third-order valence-electron chi connectivity index (χ3n) is 9.29. The molecular weight excluding hydrogens is 707 g/mol. The first-order valence-electron chi connectivity index (χ1n) is 17.5. The number of hydrogen-bond donors (Lipinski definition) is 4. The van der Waals surface area contributed by atoms with Crippen molar-refractivity contribution in [3.05, 3.63) is 54.9 Å². The van der Waals surface area contributed by atoms with Crippen LogP contribution in [0.1, 0.15) is 72.8 Å². The molecule has 5 amide bonds. The number of carbonyl (C=O) groups is 5. The minimum atomic E-state index is -3.93. The summed E-state index contributed by atoms with van der Waals surface area (Å²) in [7, 11) is -3.93. The molecule has 2 aliphatic carbocycles. The SMILES string of the molecule is C=CC1CC1(NC(=O)[C@@H]1C[C@@H](OC(=O)Nc2cc(C)ccc2-n2cccn2)CN1C(=O)[C@@H](NC(=O)OC(C)(C)C)C(C)(C)C)C(=O)NS(=O)(=O)C1CC1. The normalized spacial score (nSPS) is 23.3. The quantitative estimate of drug-likeness (QED) is 0.246. The van der Waals surface area contributed by atoms with Crippen LogP contribution in [-0.4, -0.2) is 94.1 Å². The van der Waals surface area contributed by atoms with Crippen LogP contribution in [0, 0.1) is 18.3 Å². The van der Waals surface area contributed by atoms with Gasteiger partial charge in [0.2, 0.25) is 21.8 Å². The Hall–Kier alpha value is -4.93. The lowest BCUT2D eigenvalue weighted by molar-refractivity contribution is -0.143. The van der Waals surface area contributed by atoms with Gasteiger partial charge in [0.15, 0.2) is 0 Å². The minimum absolute atomic E-state index is 0.0944. The minimum Gasteiger partial charge on any atom is -0.444 e. The van der Waals surface area contributed by atoms with Crippen LogP contribution < -0.4 is 20.7 Å². The number of likely N-dealkylation sites (tertiary alicyclic amines) is 1. The molecule has 0 spiro atoms. The first kappa shape index (κ1) is 39.3. The van der Waals surface area contributed by atoms with Gasteiger partial charge in [0.05, 0.1) is 23.2 Å². The lowest BCUT2D eigenvalue weighted by atomic mass is 9.85. The molecule has 1 aromatic heterocycles. The number of aromatic nitrogens is 2. The number of hydrogen-bond acceptors (Lipinski definition) is 10. The zero-order valence-corrected chi connectivity index (χ0v) is 31.9. The van der Waals surface area contributed by atoms with Crippen LogP contribution in [0.2, 0.25) is 0 Å². The molecule has 53 heavy (non-hydrogen) atoms. The summed E-state index contributed by atoms with van der Waals surface area (Å²) in [6, 6.07) is 4.66. The molecule has 1 saturated heterocycles. The van der Waals surface area contributed by atoms with Gasteiger partial charge in [-0.2, -0.15) is 5.10 Å². The standard InChI is InChI=1S/C36H49N7O9S/c1-9-22-19-36(22,31(46)41-53(49,50)24-12-13-24)40-29(44)27-18-23(20-42(27)30(45)28(34(3,4)5)39-33(48)52-35(6,7)8)51-32(47)38-25-17-21(2)11-14-26(25)43-16-10-15-37-43/h9-11,14-17,22-24,27-28H,1,12-13,18-20H2,2-8H3,(H,38,47)(H,39,48)(H,40,44)(H,41,46)/t22?,23-,27+,28-,36?/m1/s1. The van der Waals surface area contributed by atoms with Gasteiger partial charge in [-0.05, 0) is 76.1 Å². The van der Waals surface area contributed by atoms with Crippen LogP contribution in [0.3, 0.4) is 0 Å². The van der Waals surface area contributed by atoms with E-state index in [1.807, 2.05) is 13.0 Å². The molecule has 3 aliphatic rings. The number of amides is 5. The van der Waals surface area contributed by atoms with Crippen molar-refractivity contribution < 1.29 is 41.9 Å². The highest BCUT2D eigenvalue weighted by Gasteiger charge is 2.62. The number of sulfonamides is 1. The lowest BCUT2D eigenvalue weighted by Gasteiger charge is -2.36. The molecule has 288 valence electrons. The number of nitrogens with zero attached hydrogens (tertiary/aromatic N) is 3. The van der Waals surface area contributed by atoms with Crippen molar-refractivity contribution in [1.29, 1.82) is 0 Å². The van der Waals surface area contributed by atoms with E-state index in [4.69, 9.17) is 9.47 Å². The molecule has 2 unspecified atom stereocenters. The molecule has 2 heterocycles.